The molecule has 0 saturated carbocycles. The van der Waals surface area contributed by atoms with Gasteiger partial charge in [-0.25, -0.2) is 9.18 Å². The molecular formula is C9H16FNO3. The Hall–Kier alpha value is -0.680. The first kappa shape index (κ1) is 11.4. The fourth-order valence-electron chi connectivity index (χ4n) is 1.59. The summed E-state index contributed by atoms with van der Waals surface area (Å²) >= 11 is 0. The Kier molecular flexibility index (Phi) is 3.83. The summed E-state index contributed by atoms with van der Waals surface area (Å²) in [6, 6.07) is 0.00905. The summed E-state index contributed by atoms with van der Waals surface area (Å²) in [6.07, 6.45) is -0.883. The summed E-state index contributed by atoms with van der Waals surface area (Å²) in [5.74, 6) is -1.02. The monoisotopic (exact) mass is 205 g/mol. The third-order valence-electron chi connectivity index (χ3n) is 2.41. The Bertz CT molecular complexity index is 210. The van der Waals surface area contributed by atoms with Crippen LogP contribution in [0.25, 0.3) is 0 Å². The lowest BCUT2D eigenvalue weighted by Gasteiger charge is -2.46. The van der Waals surface area contributed by atoms with Crippen LogP contribution in [0.5, 0.6) is 0 Å². The van der Waals surface area contributed by atoms with E-state index in [2.05, 4.69) is 0 Å². The summed E-state index contributed by atoms with van der Waals surface area (Å²) in [6.45, 7) is 4.20. The molecule has 1 rings (SSSR count). The molecule has 0 aromatic rings. The fraction of sp³-hybridized carbons (Fsp3) is 0.889. The number of carboxylic acids is 1. The number of aliphatic carboxylic acids is 1. The van der Waals surface area contributed by atoms with Gasteiger partial charge >= 0.3 is 5.97 Å². The van der Waals surface area contributed by atoms with E-state index in [4.69, 9.17) is 9.84 Å². The highest BCUT2D eigenvalue weighted by Gasteiger charge is 2.40. The molecule has 1 aliphatic rings. The topological polar surface area (TPSA) is 49.8 Å². The largest absolute Gasteiger partial charge is 0.480 e. The smallest absolute Gasteiger partial charge is 0.329 e. The number of carbonyl (C=O) groups is 1. The van der Waals surface area contributed by atoms with Gasteiger partial charge in [0.05, 0.1) is 12.6 Å². The lowest BCUT2D eigenvalue weighted by atomic mass is 9.99. The molecule has 1 saturated heterocycles. The van der Waals surface area contributed by atoms with Crippen LogP contribution in [0.15, 0.2) is 0 Å². The minimum atomic E-state index is -1.02. The van der Waals surface area contributed by atoms with Crippen molar-refractivity contribution in [3.8, 4) is 0 Å². The van der Waals surface area contributed by atoms with E-state index in [1.54, 1.807) is 0 Å². The van der Waals surface area contributed by atoms with E-state index >= 15 is 0 Å². The van der Waals surface area contributed by atoms with Crippen molar-refractivity contribution in [3.63, 3.8) is 0 Å². The summed E-state index contributed by atoms with van der Waals surface area (Å²) < 4.78 is 17.9. The lowest BCUT2D eigenvalue weighted by molar-refractivity contribution is -0.145. The van der Waals surface area contributed by atoms with Gasteiger partial charge in [0.1, 0.15) is 12.8 Å². The molecule has 4 nitrogen and oxygen atoms in total. The zero-order chi connectivity index (χ0) is 10.7. The number of carboxylic acid groups (broad SMARTS) is 1. The normalized spacial score (nSPS) is 27.7. The summed E-state index contributed by atoms with van der Waals surface area (Å²) in [7, 11) is 0. The minimum Gasteiger partial charge on any atom is -0.480 e. The maximum atomic E-state index is 13.0. The Morgan fingerprint density at radius 3 is 2.79 bits per heavy atom. The van der Waals surface area contributed by atoms with Gasteiger partial charge < -0.3 is 9.84 Å². The number of hydrogen-bond acceptors (Lipinski definition) is 3. The van der Waals surface area contributed by atoms with Crippen LogP contribution in [0.2, 0.25) is 0 Å². The van der Waals surface area contributed by atoms with Crippen molar-refractivity contribution >= 4 is 5.97 Å². The molecule has 2 unspecified atom stereocenters. The standard InChI is InChI=1S/C9H16FNO3/c1-6(2)11-3-7(10)8(11)4-14-5-9(12)13/h6-8H,3-5H2,1-2H3,(H,12,13). The number of likely N-dealkylation sites (tertiary alicyclic amines) is 1. The van der Waals surface area contributed by atoms with E-state index in [1.165, 1.54) is 0 Å². The first-order valence-electron chi connectivity index (χ1n) is 4.71. The quantitative estimate of drug-likeness (QED) is 0.710. The lowest BCUT2D eigenvalue weighted by Crippen LogP contribution is -2.62. The van der Waals surface area contributed by atoms with Gasteiger partial charge in [-0.1, -0.05) is 0 Å². The average molecular weight is 205 g/mol. The molecule has 14 heavy (non-hydrogen) atoms. The SMILES string of the molecule is CC(C)N1CC(F)C1COCC(=O)O. The molecule has 0 amide bonds. The first-order chi connectivity index (χ1) is 6.52. The average Bonchev–Trinajstić information content (AvgIpc) is 2.07. The van der Waals surface area contributed by atoms with Crippen molar-refractivity contribution in [1.82, 2.24) is 4.90 Å². The molecule has 1 heterocycles. The molecule has 82 valence electrons. The molecule has 5 heteroatoms. The highest BCUT2D eigenvalue weighted by atomic mass is 19.1. The van der Waals surface area contributed by atoms with E-state index in [0.29, 0.717) is 6.54 Å². The van der Waals surface area contributed by atoms with E-state index < -0.39 is 12.1 Å². The van der Waals surface area contributed by atoms with Crippen molar-refractivity contribution in [3.05, 3.63) is 0 Å². The van der Waals surface area contributed by atoms with E-state index in [1.807, 2.05) is 18.7 Å². The van der Waals surface area contributed by atoms with Crippen molar-refractivity contribution in [1.29, 1.82) is 0 Å². The zero-order valence-electron chi connectivity index (χ0n) is 8.44. The van der Waals surface area contributed by atoms with Gasteiger partial charge in [0, 0.05) is 12.6 Å². The maximum absolute atomic E-state index is 13.0. The second kappa shape index (κ2) is 4.70. The van der Waals surface area contributed by atoms with Crippen LogP contribution >= 0.6 is 0 Å². The van der Waals surface area contributed by atoms with Crippen molar-refractivity contribution in [2.75, 3.05) is 19.8 Å². The Morgan fingerprint density at radius 1 is 1.71 bits per heavy atom. The molecule has 0 spiro atoms. The molecule has 0 bridgehead atoms. The molecule has 1 N–H and O–H groups in total. The first-order valence-corrected chi connectivity index (χ1v) is 4.71. The third-order valence-corrected chi connectivity index (χ3v) is 2.41. The third kappa shape index (κ3) is 2.65. The molecule has 1 aliphatic heterocycles. The maximum Gasteiger partial charge on any atom is 0.329 e. The number of nitrogens with zero attached hydrogens (tertiary/aromatic N) is 1. The molecule has 0 radical (unpaired) electrons. The molecule has 2 atom stereocenters. The fourth-order valence-corrected chi connectivity index (χ4v) is 1.59. The van der Waals surface area contributed by atoms with Gasteiger partial charge in [0.15, 0.2) is 0 Å². The Balaban J connectivity index is 2.25. The van der Waals surface area contributed by atoms with Gasteiger partial charge in [-0.2, -0.15) is 0 Å². The van der Waals surface area contributed by atoms with Gasteiger partial charge in [0.2, 0.25) is 0 Å². The Labute approximate surface area is 82.6 Å². The summed E-state index contributed by atoms with van der Waals surface area (Å²) in [4.78, 5) is 12.1. The predicted molar refractivity (Wildman–Crippen MR) is 49.0 cm³/mol. The number of hydrogen-bond donors (Lipinski definition) is 1. The van der Waals surface area contributed by atoms with Crippen molar-refractivity contribution in [2.24, 2.45) is 0 Å². The van der Waals surface area contributed by atoms with Crippen LogP contribution in [-0.4, -0.2) is 54.0 Å². The van der Waals surface area contributed by atoms with Crippen LogP contribution in [0.4, 0.5) is 4.39 Å². The van der Waals surface area contributed by atoms with E-state index in [9.17, 15) is 9.18 Å². The van der Waals surface area contributed by atoms with Crippen molar-refractivity contribution in [2.45, 2.75) is 32.1 Å². The highest BCUT2D eigenvalue weighted by Crippen LogP contribution is 2.23. The minimum absolute atomic E-state index is 0.158. The second-order valence-electron chi connectivity index (χ2n) is 3.78. The van der Waals surface area contributed by atoms with Crippen LogP contribution in [0.3, 0.4) is 0 Å². The summed E-state index contributed by atoms with van der Waals surface area (Å²) in [5.41, 5.74) is 0. The van der Waals surface area contributed by atoms with Crippen LogP contribution in [0, 0.1) is 0 Å². The highest BCUT2D eigenvalue weighted by molar-refractivity contribution is 5.67. The van der Waals surface area contributed by atoms with Crippen molar-refractivity contribution < 1.29 is 19.0 Å². The van der Waals surface area contributed by atoms with Gasteiger partial charge in [-0.05, 0) is 13.8 Å². The molecule has 0 aromatic heterocycles. The second-order valence-corrected chi connectivity index (χ2v) is 3.78. The van der Waals surface area contributed by atoms with Gasteiger partial charge in [-0.3, -0.25) is 4.90 Å². The van der Waals surface area contributed by atoms with Gasteiger partial charge in [0.25, 0.3) is 0 Å². The van der Waals surface area contributed by atoms with Crippen LogP contribution in [-0.2, 0) is 9.53 Å². The number of halogens is 1. The van der Waals surface area contributed by atoms with E-state index in [0.717, 1.165) is 0 Å². The summed E-state index contributed by atoms with van der Waals surface area (Å²) in [5, 5.41) is 8.33. The van der Waals surface area contributed by atoms with Crippen LogP contribution < -0.4 is 0 Å². The predicted octanol–water partition coefficient (Wildman–Crippen LogP) is 0.518. The van der Waals surface area contributed by atoms with Gasteiger partial charge in [-0.15, -0.1) is 0 Å². The molecular weight excluding hydrogens is 189 g/mol. The van der Waals surface area contributed by atoms with Crippen LogP contribution in [0.1, 0.15) is 13.8 Å². The molecule has 1 fully saturated rings. The molecule has 0 aliphatic carbocycles. The van der Waals surface area contributed by atoms with E-state index in [-0.39, 0.29) is 25.3 Å². The zero-order valence-corrected chi connectivity index (χ0v) is 8.44. The number of ether oxygens (including phenoxy) is 1. The number of alkyl halides is 1. The Morgan fingerprint density at radius 2 is 2.36 bits per heavy atom. The molecule has 0 aromatic carbocycles. The number of rotatable bonds is 5.